The molecule has 0 fully saturated rings. The van der Waals surface area contributed by atoms with Gasteiger partial charge in [0, 0.05) is 12.2 Å². The van der Waals surface area contributed by atoms with Crippen LogP contribution in [0.2, 0.25) is 0 Å². The molecule has 1 N–H and O–H groups in total. The lowest BCUT2D eigenvalue weighted by atomic mass is 10.2. The van der Waals surface area contributed by atoms with Gasteiger partial charge in [-0.2, -0.15) is 5.10 Å². The standard InChI is InChI=1S/C19H19N3O2/c1-3-22-18(13-14(2)21-22)19(23)20-15-9-11-17(12-10-15)24-16-7-5-4-6-8-16/h4-13H,3H2,1-2H3,(H,20,23). The normalized spacial score (nSPS) is 10.4. The number of rotatable bonds is 5. The van der Waals surface area contributed by atoms with Crippen LogP contribution >= 0.6 is 0 Å². The number of nitrogens with one attached hydrogen (secondary N) is 1. The van der Waals surface area contributed by atoms with E-state index in [4.69, 9.17) is 4.74 Å². The summed E-state index contributed by atoms with van der Waals surface area (Å²) in [5, 5.41) is 7.17. The molecule has 0 aliphatic carbocycles. The zero-order valence-electron chi connectivity index (χ0n) is 13.7. The van der Waals surface area contributed by atoms with Gasteiger partial charge in [0.25, 0.3) is 5.91 Å². The molecule has 0 bridgehead atoms. The van der Waals surface area contributed by atoms with Crippen LogP contribution in [0.15, 0.2) is 60.7 Å². The number of para-hydroxylation sites is 1. The zero-order chi connectivity index (χ0) is 16.9. The molecule has 1 heterocycles. The maximum Gasteiger partial charge on any atom is 0.273 e. The minimum atomic E-state index is -0.172. The summed E-state index contributed by atoms with van der Waals surface area (Å²) in [6, 6.07) is 18.6. The van der Waals surface area contributed by atoms with Crippen molar-refractivity contribution in [2.45, 2.75) is 20.4 Å². The Morgan fingerprint density at radius 2 is 1.75 bits per heavy atom. The van der Waals surface area contributed by atoms with Gasteiger partial charge in [-0.05, 0) is 56.3 Å². The summed E-state index contributed by atoms with van der Waals surface area (Å²) < 4.78 is 7.43. The lowest BCUT2D eigenvalue weighted by Crippen LogP contribution is -2.17. The first-order valence-electron chi connectivity index (χ1n) is 7.84. The van der Waals surface area contributed by atoms with E-state index in [0.29, 0.717) is 23.7 Å². The van der Waals surface area contributed by atoms with E-state index < -0.39 is 0 Å². The number of aromatic nitrogens is 2. The van der Waals surface area contributed by atoms with Crippen molar-refractivity contribution < 1.29 is 9.53 Å². The third kappa shape index (κ3) is 3.63. The highest BCUT2D eigenvalue weighted by molar-refractivity contribution is 6.03. The van der Waals surface area contributed by atoms with Crippen LogP contribution in [0.4, 0.5) is 5.69 Å². The largest absolute Gasteiger partial charge is 0.457 e. The Kier molecular flexibility index (Phi) is 4.61. The average Bonchev–Trinajstić information content (AvgIpc) is 2.99. The Morgan fingerprint density at radius 1 is 1.08 bits per heavy atom. The fourth-order valence-corrected chi connectivity index (χ4v) is 2.40. The molecule has 0 radical (unpaired) electrons. The molecule has 122 valence electrons. The van der Waals surface area contributed by atoms with Gasteiger partial charge < -0.3 is 10.1 Å². The quantitative estimate of drug-likeness (QED) is 0.764. The number of amides is 1. The van der Waals surface area contributed by atoms with E-state index in [1.165, 1.54) is 0 Å². The Balaban J connectivity index is 1.68. The molecule has 1 aromatic heterocycles. The van der Waals surface area contributed by atoms with Gasteiger partial charge in [0.15, 0.2) is 0 Å². The van der Waals surface area contributed by atoms with Crippen LogP contribution in [0.25, 0.3) is 0 Å². The Bertz CT molecular complexity index is 824. The second-order valence-corrected chi connectivity index (χ2v) is 5.38. The molecule has 0 aliphatic rings. The van der Waals surface area contributed by atoms with Crippen LogP contribution in [0.1, 0.15) is 23.1 Å². The summed E-state index contributed by atoms with van der Waals surface area (Å²) in [7, 11) is 0. The molecule has 5 nitrogen and oxygen atoms in total. The van der Waals surface area contributed by atoms with Gasteiger partial charge in [0.1, 0.15) is 17.2 Å². The predicted octanol–water partition coefficient (Wildman–Crippen LogP) is 4.26. The number of carbonyl (C=O) groups excluding carboxylic acids is 1. The number of carbonyl (C=O) groups is 1. The summed E-state index contributed by atoms with van der Waals surface area (Å²) in [5.41, 5.74) is 2.09. The Hall–Kier alpha value is -3.08. The molecular formula is C19H19N3O2. The summed E-state index contributed by atoms with van der Waals surface area (Å²) in [4.78, 5) is 12.4. The number of benzene rings is 2. The fraction of sp³-hybridized carbons (Fsp3) is 0.158. The molecule has 0 unspecified atom stereocenters. The second kappa shape index (κ2) is 7.00. The molecule has 3 aromatic rings. The molecule has 0 saturated heterocycles. The first kappa shape index (κ1) is 15.8. The van der Waals surface area contributed by atoms with E-state index in [-0.39, 0.29) is 5.91 Å². The van der Waals surface area contributed by atoms with Gasteiger partial charge in [-0.15, -0.1) is 0 Å². The molecule has 3 rings (SSSR count). The number of hydrogen-bond donors (Lipinski definition) is 1. The topological polar surface area (TPSA) is 56.2 Å². The number of anilines is 1. The van der Waals surface area contributed by atoms with E-state index >= 15 is 0 Å². The van der Waals surface area contributed by atoms with Crippen molar-refractivity contribution in [3.05, 3.63) is 72.1 Å². The maximum absolute atomic E-state index is 12.4. The Morgan fingerprint density at radius 3 is 2.42 bits per heavy atom. The molecule has 2 aromatic carbocycles. The molecule has 0 aliphatic heterocycles. The monoisotopic (exact) mass is 321 g/mol. The number of nitrogens with zero attached hydrogens (tertiary/aromatic N) is 2. The van der Waals surface area contributed by atoms with Crippen molar-refractivity contribution in [2.75, 3.05) is 5.32 Å². The fourth-order valence-electron chi connectivity index (χ4n) is 2.40. The molecule has 0 saturated carbocycles. The number of hydrogen-bond acceptors (Lipinski definition) is 3. The molecule has 0 atom stereocenters. The highest BCUT2D eigenvalue weighted by Crippen LogP contribution is 2.22. The van der Waals surface area contributed by atoms with Crippen LogP contribution in [0.5, 0.6) is 11.5 Å². The van der Waals surface area contributed by atoms with Crippen LogP contribution in [-0.2, 0) is 6.54 Å². The molecule has 1 amide bonds. The van der Waals surface area contributed by atoms with E-state index in [9.17, 15) is 4.79 Å². The molecule has 5 heteroatoms. The second-order valence-electron chi connectivity index (χ2n) is 5.38. The van der Waals surface area contributed by atoms with Crippen LogP contribution in [-0.4, -0.2) is 15.7 Å². The van der Waals surface area contributed by atoms with Gasteiger partial charge in [-0.1, -0.05) is 18.2 Å². The molecule has 0 spiro atoms. The van der Waals surface area contributed by atoms with Crippen molar-refractivity contribution in [3.63, 3.8) is 0 Å². The lowest BCUT2D eigenvalue weighted by Gasteiger charge is -2.08. The lowest BCUT2D eigenvalue weighted by molar-refractivity contribution is 0.101. The highest BCUT2D eigenvalue weighted by Gasteiger charge is 2.13. The average molecular weight is 321 g/mol. The Labute approximate surface area is 140 Å². The first-order chi connectivity index (χ1) is 11.7. The third-order valence-electron chi connectivity index (χ3n) is 3.53. The van der Waals surface area contributed by atoms with Crippen molar-refractivity contribution in [1.29, 1.82) is 0 Å². The van der Waals surface area contributed by atoms with Gasteiger partial charge in [-0.3, -0.25) is 9.48 Å². The molecular weight excluding hydrogens is 302 g/mol. The van der Waals surface area contributed by atoms with Gasteiger partial charge in [0.05, 0.1) is 5.69 Å². The SMILES string of the molecule is CCn1nc(C)cc1C(=O)Nc1ccc(Oc2ccccc2)cc1. The third-order valence-corrected chi connectivity index (χ3v) is 3.53. The van der Waals surface area contributed by atoms with Crippen molar-refractivity contribution in [2.24, 2.45) is 0 Å². The summed E-state index contributed by atoms with van der Waals surface area (Å²) in [5.74, 6) is 1.32. The van der Waals surface area contributed by atoms with E-state index in [2.05, 4.69) is 10.4 Å². The predicted molar refractivity (Wildman–Crippen MR) is 93.5 cm³/mol. The van der Waals surface area contributed by atoms with E-state index in [0.717, 1.165) is 11.4 Å². The van der Waals surface area contributed by atoms with Crippen molar-refractivity contribution >= 4 is 11.6 Å². The first-order valence-corrected chi connectivity index (χ1v) is 7.84. The minimum absolute atomic E-state index is 0.172. The summed E-state index contributed by atoms with van der Waals surface area (Å²) >= 11 is 0. The van der Waals surface area contributed by atoms with Gasteiger partial charge >= 0.3 is 0 Å². The summed E-state index contributed by atoms with van der Waals surface area (Å²) in [6.07, 6.45) is 0. The molecule has 24 heavy (non-hydrogen) atoms. The maximum atomic E-state index is 12.4. The van der Waals surface area contributed by atoms with Crippen LogP contribution in [0.3, 0.4) is 0 Å². The zero-order valence-corrected chi connectivity index (χ0v) is 13.7. The highest BCUT2D eigenvalue weighted by atomic mass is 16.5. The summed E-state index contributed by atoms with van der Waals surface area (Å²) in [6.45, 7) is 4.48. The van der Waals surface area contributed by atoms with Crippen LogP contribution < -0.4 is 10.1 Å². The van der Waals surface area contributed by atoms with Crippen molar-refractivity contribution in [1.82, 2.24) is 9.78 Å². The van der Waals surface area contributed by atoms with E-state index in [1.54, 1.807) is 10.7 Å². The van der Waals surface area contributed by atoms with Gasteiger partial charge in [-0.25, -0.2) is 0 Å². The van der Waals surface area contributed by atoms with E-state index in [1.807, 2.05) is 68.4 Å². The minimum Gasteiger partial charge on any atom is -0.457 e. The smallest absolute Gasteiger partial charge is 0.273 e. The number of aryl methyl sites for hydroxylation is 2. The number of ether oxygens (including phenoxy) is 1. The van der Waals surface area contributed by atoms with Gasteiger partial charge in [0.2, 0.25) is 0 Å². The van der Waals surface area contributed by atoms with Crippen LogP contribution in [0, 0.1) is 6.92 Å². The van der Waals surface area contributed by atoms with Crippen molar-refractivity contribution in [3.8, 4) is 11.5 Å².